The molecule has 0 bridgehead atoms. The van der Waals surface area contributed by atoms with Crippen LogP contribution in [0.15, 0.2) is 18.2 Å². The highest BCUT2D eigenvalue weighted by Gasteiger charge is 2.39. The number of hydrogen-bond donors (Lipinski definition) is 3. The quantitative estimate of drug-likeness (QED) is 0.773. The van der Waals surface area contributed by atoms with Gasteiger partial charge in [-0.05, 0) is 49.3 Å². The van der Waals surface area contributed by atoms with Gasteiger partial charge < -0.3 is 5.32 Å². The van der Waals surface area contributed by atoms with E-state index in [9.17, 15) is 14.0 Å². The molecule has 2 aliphatic heterocycles. The van der Waals surface area contributed by atoms with E-state index in [4.69, 9.17) is 0 Å². The maximum atomic E-state index is 14.3. The van der Waals surface area contributed by atoms with Gasteiger partial charge in [-0.2, -0.15) is 0 Å². The molecular formula is C19H25FN4O2. The highest BCUT2D eigenvalue weighted by atomic mass is 19.1. The molecule has 0 radical (unpaired) electrons. The third kappa shape index (κ3) is 3.28. The lowest BCUT2D eigenvalue weighted by Gasteiger charge is -2.41. The maximum absolute atomic E-state index is 14.3. The Morgan fingerprint density at radius 3 is 2.85 bits per heavy atom. The number of benzene rings is 1. The van der Waals surface area contributed by atoms with Crippen molar-refractivity contribution >= 4 is 17.6 Å². The van der Waals surface area contributed by atoms with E-state index in [0.717, 1.165) is 37.7 Å². The number of nitrogens with one attached hydrogen (secondary N) is 3. The van der Waals surface area contributed by atoms with Crippen molar-refractivity contribution in [2.24, 2.45) is 11.8 Å². The lowest BCUT2D eigenvalue weighted by atomic mass is 9.72. The number of hydrazine groups is 1. The Bertz CT molecular complexity index is 711. The Labute approximate surface area is 152 Å². The van der Waals surface area contributed by atoms with Crippen molar-refractivity contribution in [2.75, 3.05) is 18.0 Å². The first kappa shape index (κ1) is 17.3. The van der Waals surface area contributed by atoms with Crippen LogP contribution in [0, 0.1) is 17.7 Å². The first-order chi connectivity index (χ1) is 12.6. The molecule has 3 N–H and O–H groups in total. The molecule has 3 fully saturated rings. The Morgan fingerprint density at radius 1 is 1.15 bits per heavy atom. The summed E-state index contributed by atoms with van der Waals surface area (Å²) in [7, 11) is 0. The van der Waals surface area contributed by atoms with E-state index in [2.05, 4.69) is 16.2 Å². The second-order valence-electron chi connectivity index (χ2n) is 7.52. The van der Waals surface area contributed by atoms with Crippen LogP contribution in [-0.4, -0.2) is 31.1 Å². The number of carbonyl (C=O) groups is 2. The molecule has 3 unspecified atom stereocenters. The molecular weight excluding hydrogens is 335 g/mol. The van der Waals surface area contributed by atoms with Crippen molar-refractivity contribution in [1.29, 1.82) is 0 Å². The number of halogens is 1. The molecule has 7 heteroatoms. The van der Waals surface area contributed by atoms with Crippen molar-refractivity contribution in [3.05, 3.63) is 29.6 Å². The minimum atomic E-state index is -0.383. The molecule has 6 nitrogen and oxygen atoms in total. The first-order valence-electron chi connectivity index (χ1n) is 9.52. The molecule has 3 amide bonds. The molecule has 1 aromatic rings. The predicted octanol–water partition coefficient (Wildman–Crippen LogP) is 2.10. The number of fused-ring (bicyclic) bond motifs is 1. The van der Waals surface area contributed by atoms with Crippen molar-refractivity contribution in [1.82, 2.24) is 16.2 Å². The second-order valence-corrected chi connectivity index (χ2v) is 7.52. The molecule has 1 aromatic carbocycles. The lowest BCUT2D eigenvalue weighted by Crippen LogP contribution is -2.60. The fourth-order valence-electron chi connectivity index (χ4n) is 4.54. The van der Waals surface area contributed by atoms with E-state index in [1.807, 2.05) is 0 Å². The van der Waals surface area contributed by atoms with Crippen LogP contribution in [0.1, 0.15) is 37.7 Å². The fraction of sp³-hybridized carbons (Fsp3) is 0.579. The number of carbonyl (C=O) groups excluding carboxylic acids is 2. The zero-order valence-corrected chi connectivity index (χ0v) is 14.8. The predicted molar refractivity (Wildman–Crippen MR) is 96.0 cm³/mol. The number of amides is 3. The minimum Gasteiger partial charge on any atom is -0.338 e. The summed E-state index contributed by atoms with van der Waals surface area (Å²) in [4.78, 5) is 25.6. The highest BCUT2D eigenvalue weighted by molar-refractivity contribution is 5.92. The maximum Gasteiger partial charge on any atom is 0.321 e. The zero-order valence-electron chi connectivity index (χ0n) is 14.8. The van der Waals surface area contributed by atoms with E-state index < -0.39 is 0 Å². The van der Waals surface area contributed by atoms with Crippen LogP contribution in [0.2, 0.25) is 0 Å². The Hall–Kier alpha value is -2.15. The van der Waals surface area contributed by atoms with Gasteiger partial charge in [0, 0.05) is 25.0 Å². The Balaban J connectivity index is 1.54. The molecule has 0 aromatic heterocycles. The number of rotatable bonds is 3. The topological polar surface area (TPSA) is 73.5 Å². The normalized spacial score (nSPS) is 29.0. The van der Waals surface area contributed by atoms with Crippen molar-refractivity contribution in [3.8, 4) is 0 Å². The molecule has 2 saturated heterocycles. The lowest BCUT2D eigenvalue weighted by molar-refractivity contribution is -0.133. The third-order valence-electron chi connectivity index (χ3n) is 5.89. The molecule has 0 spiro atoms. The van der Waals surface area contributed by atoms with E-state index >= 15 is 0 Å². The second kappa shape index (κ2) is 7.23. The SMILES string of the molecule is O=C1NNC(Cc2ccc(F)c(N3CCCNC3=O)c2)C2CCCCC12. The van der Waals surface area contributed by atoms with Crippen LogP contribution in [0.4, 0.5) is 14.9 Å². The smallest absolute Gasteiger partial charge is 0.321 e. The molecule has 26 heavy (non-hydrogen) atoms. The van der Waals surface area contributed by atoms with Crippen LogP contribution in [0.3, 0.4) is 0 Å². The van der Waals surface area contributed by atoms with Crippen LogP contribution in [-0.2, 0) is 11.2 Å². The van der Waals surface area contributed by atoms with E-state index in [1.54, 1.807) is 12.1 Å². The van der Waals surface area contributed by atoms with Crippen LogP contribution in [0.5, 0.6) is 0 Å². The van der Waals surface area contributed by atoms with E-state index in [-0.39, 0.29) is 29.7 Å². The molecule has 1 aliphatic carbocycles. The molecule has 140 valence electrons. The van der Waals surface area contributed by atoms with E-state index in [0.29, 0.717) is 31.1 Å². The molecule has 4 rings (SSSR count). The average Bonchev–Trinajstić information content (AvgIpc) is 2.66. The fourth-order valence-corrected chi connectivity index (χ4v) is 4.54. The van der Waals surface area contributed by atoms with Crippen molar-refractivity contribution in [3.63, 3.8) is 0 Å². The summed E-state index contributed by atoms with van der Waals surface area (Å²) in [5, 5.41) is 2.76. The van der Waals surface area contributed by atoms with Gasteiger partial charge in [-0.1, -0.05) is 18.9 Å². The van der Waals surface area contributed by atoms with Gasteiger partial charge in [-0.15, -0.1) is 0 Å². The van der Waals surface area contributed by atoms with Crippen molar-refractivity contribution < 1.29 is 14.0 Å². The standard InChI is InChI=1S/C19H25FN4O2/c20-15-7-6-12(11-17(15)24-9-3-8-21-19(24)26)10-16-13-4-1-2-5-14(13)18(25)23-22-16/h6-7,11,13-14,16,22H,1-5,8-10H2,(H,21,26)(H,23,25). The molecule has 3 atom stereocenters. The summed E-state index contributed by atoms with van der Waals surface area (Å²) >= 11 is 0. The summed E-state index contributed by atoms with van der Waals surface area (Å²) in [6.07, 6.45) is 5.73. The van der Waals surface area contributed by atoms with Crippen LogP contribution >= 0.6 is 0 Å². The molecule has 3 aliphatic rings. The summed E-state index contributed by atoms with van der Waals surface area (Å²) in [5.41, 5.74) is 7.27. The van der Waals surface area contributed by atoms with Gasteiger partial charge in [0.1, 0.15) is 5.82 Å². The third-order valence-corrected chi connectivity index (χ3v) is 5.89. The highest BCUT2D eigenvalue weighted by Crippen LogP contribution is 2.35. The number of hydrogen-bond acceptors (Lipinski definition) is 3. The summed E-state index contributed by atoms with van der Waals surface area (Å²) in [6.45, 7) is 1.15. The van der Waals surface area contributed by atoms with Gasteiger partial charge in [0.15, 0.2) is 0 Å². The monoisotopic (exact) mass is 360 g/mol. The van der Waals surface area contributed by atoms with Gasteiger partial charge in [-0.3, -0.25) is 15.1 Å². The zero-order chi connectivity index (χ0) is 18.1. The minimum absolute atomic E-state index is 0.0720. The van der Waals surface area contributed by atoms with Gasteiger partial charge >= 0.3 is 6.03 Å². The summed E-state index contributed by atoms with van der Waals surface area (Å²) in [6, 6.07) is 4.87. The van der Waals surface area contributed by atoms with Gasteiger partial charge in [0.2, 0.25) is 5.91 Å². The largest absolute Gasteiger partial charge is 0.338 e. The van der Waals surface area contributed by atoms with Crippen LogP contribution < -0.4 is 21.1 Å². The number of nitrogens with zero attached hydrogens (tertiary/aromatic N) is 1. The molecule has 1 saturated carbocycles. The van der Waals surface area contributed by atoms with Gasteiger partial charge in [0.25, 0.3) is 0 Å². The Morgan fingerprint density at radius 2 is 2.00 bits per heavy atom. The van der Waals surface area contributed by atoms with Gasteiger partial charge in [-0.25, -0.2) is 14.6 Å². The first-order valence-corrected chi connectivity index (χ1v) is 9.52. The summed E-state index contributed by atoms with van der Waals surface area (Å²) < 4.78 is 14.3. The number of anilines is 1. The van der Waals surface area contributed by atoms with Crippen molar-refractivity contribution in [2.45, 2.75) is 44.6 Å². The van der Waals surface area contributed by atoms with E-state index in [1.165, 1.54) is 11.0 Å². The van der Waals surface area contributed by atoms with Crippen LogP contribution in [0.25, 0.3) is 0 Å². The average molecular weight is 360 g/mol. The van der Waals surface area contributed by atoms with Gasteiger partial charge in [0.05, 0.1) is 5.69 Å². The molecule has 2 heterocycles. The summed E-state index contributed by atoms with van der Waals surface area (Å²) in [5.74, 6) is 0.0917. The number of urea groups is 1. The Kier molecular flexibility index (Phi) is 4.80.